The van der Waals surface area contributed by atoms with Crippen LogP contribution in [0.2, 0.25) is 0 Å². The first-order valence-corrected chi connectivity index (χ1v) is 8.16. The molecule has 0 fully saturated rings. The molecule has 5 heteroatoms. The van der Waals surface area contributed by atoms with Crippen molar-refractivity contribution in [1.29, 1.82) is 0 Å². The number of nitrogens with one attached hydrogen (secondary N) is 1. The summed E-state index contributed by atoms with van der Waals surface area (Å²) in [6.45, 7) is 3.65. The number of para-hydroxylation sites is 1. The second kappa shape index (κ2) is 8.02. The number of carbonyl (C=O) groups excluding carboxylic acids is 1. The van der Waals surface area contributed by atoms with Crippen molar-refractivity contribution in [3.8, 4) is 11.5 Å². The Kier molecular flexibility index (Phi) is 6.04. The zero-order valence-corrected chi connectivity index (χ0v) is 15.0. The molecular weight excluding hydrogens is 358 g/mol. The lowest BCUT2D eigenvalue weighted by Gasteiger charge is -2.20. The van der Waals surface area contributed by atoms with Gasteiger partial charge in [-0.05, 0) is 44.2 Å². The smallest absolute Gasteiger partial charge is 0.261 e. The van der Waals surface area contributed by atoms with Crippen LogP contribution < -0.4 is 14.8 Å². The quantitative estimate of drug-likeness (QED) is 0.823. The van der Waals surface area contributed by atoms with Gasteiger partial charge in [0.25, 0.3) is 5.91 Å². The SMILES string of the molecule is COc1ccccc1[C@@H](C)NC(=O)[C@@H](C)Oc1ccc(Br)cc1. The van der Waals surface area contributed by atoms with E-state index in [1.165, 1.54) is 0 Å². The molecule has 4 nitrogen and oxygen atoms in total. The molecule has 2 aromatic rings. The molecule has 0 aliphatic heterocycles. The minimum atomic E-state index is -0.590. The van der Waals surface area contributed by atoms with E-state index in [-0.39, 0.29) is 11.9 Å². The average molecular weight is 378 g/mol. The molecule has 0 saturated carbocycles. The highest BCUT2D eigenvalue weighted by Crippen LogP contribution is 2.24. The molecule has 0 aliphatic carbocycles. The van der Waals surface area contributed by atoms with Gasteiger partial charge < -0.3 is 14.8 Å². The number of hydrogen-bond acceptors (Lipinski definition) is 3. The van der Waals surface area contributed by atoms with Crippen LogP contribution in [-0.2, 0) is 4.79 Å². The molecule has 0 aliphatic rings. The van der Waals surface area contributed by atoms with Crippen molar-refractivity contribution in [2.75, 3.05) is 7.11 Å². The highest BCUT2D eigenvalue weighted by molar-refractivity contribution is 9.10. The fourth-order valence-corrected chi connectivity index (χ4v) is 2.47. The van der Waals surface area contributed by atoms with Crippen LogP contribution in [0.4, 0.5) is 0 Å². The summed E-state index contributed by atoms with van der Waals surface area (Å²) in [5.74, 6) is 1.23. The Hall–Kier alpha value is -2.01. The summed E-state index contributed by atoms with van der Waals surface area (Å²) in [5, 5.41) is 2.95. The monoisotopic (exact) mass is 377 g/mol. The van der Waals surface area contributed by atoms with Crippen molar-refractivity contribution in [3.63, 3.8) is 0 Å². The molecule has 0 radical (unpaired) electrons. The molecule has 0 saturated heterocycles. The van der Waals surface area contributed by atoms with Crippen LogP contribution in [0.3, 0.4) is 0 Å². The zero-order valence-electron chi connectivity index (χ0n) is 13.4. The first-order valence-electron chi connectivity index (χ1n) is 7.36. The number of carbonyl (C=O) groups is 1. The highest BCUT2D eigenvalue weighted by atomic mass is 79.9. The molecule has 1 amide bonds. The van der Waals surface area contributed by atoms with Crippen LogP contribution in [0.5, 0.6) is 11.5 Å². The van der Waals surface area contributed by atoms with Crippen LogP contribution in [0, 0.1) is 0 Å². The second-order valence-corrected chi connectivity index (χ2v) is 6.10. The summed E-state index contributed by atoms with van der Waals surface area (Å²) in [6.07, 6.45) is -0.590. The average Bonchev–Trinajstić information content (AvgIpc) is 2.56. The van der Waals surface area contributed by atoms with Gasteiger partial charge in [0.1, 0.15) is 11.5 Å². The lowest BCUT2D eigenvalue weighted by Crippen LogP contribution is -2.37. The van der Waals surface area contributed by atoms with E-state index in [2.05, 4.69) is 21.2 Å². The Morgan fingerprint density at radius 3 is 2.39 bits per heavy atom. The third-order valence-electron chi connectivity index (χ3n) is 3.46. The molecule has 2 atom stereocenters. The Labute approximate surface area is 144 Å². The lowest BCUT2D eigenvalue weighted by molar-refractivity contribution is -0.127. The first kappa shape index (κ1) is 17.3. The fourth-order valence-electron chi connectivity index (χ4n) is 2.20. The summed E-state index contributed by atoms with van der Waals surface area (Å²) in [6, 6.07) is 14.8. The molecule has 0 spiro atoms. The van der Waals surface area contributed by atoms with E-state index in [1.54, 1.807) is 14.0 Å². The van der Waals surface area contributed by atoms with Crippen LogP contribution in [0.1, 0.15) is 25.5 Å². The number of methoxy groups -OCH3 is 1. The zero-order chi connectivity index (χ0) is 16.8. The molecule has 0 aromatic heterocycles. The Morgan fingerprint density at radius 1 is 1.09 bits per heavy atom. The second-order valence-electron chi connectivity index (χ2n) is 5.19. The minimum absolute atomic E-state index is 0.172. The molecular formula is C18H20BrNO3. The van der Waals surface area contributed by atoms with Crippen molar-refractivity contribution in [3.05, 3.63) is 58.6 Å². The molecule has 23 heavy (non-hydrogen) atoms. The minimum Gasteiger partial charge on any atom is -0.496 e. The maximum atomic E-state index is 12.3. The van der Waals surface area contributed by atoms with Gasteiger partial charge in [0.2, 0.25) is 0 Å². The van der Waals surface area contributed by atoms with Crippen LogP contribution >= 0.6 is 15.9 Å². The summed E-state index contributed by atoms with van der Waals surface area (Å²) in [5.41, 5.74) is 0.930. The van der Waals surface area contributed by atoms with Crippen molar-refractivity contribution in [2.45, 2.75) is 26.0 Å². The van der Waals surface area contributed by atoms with E-state index < -0.39 is 6.10 Å². The van der Waals surface area contributed by atoms with E-state index in [0.717, 1.165) is 15.8 Å². The molecule has 2 aromatic carbocycles. The topological polar surface area (TPSA) is 47.6 Å². The van der Waals surface area contributed by atoms with E-state index in [1.807, 2.05) is 55.5 Å². The van der Waals surface area contributed by atoms with Crippen molar-refractivity contribution in [1.82, 2.24) is 5.32 Å². The van der Waals surface area contributed by atoms with Crippen LogP contribution in [-0.4, -0.2) is 19.1 Å². The molecule has 0 unspecified atom stereocenters. The predicted octanol–water partition coefficient (Wildman–Crippen LogP) is 4.10. The first-order chi connectivity index (χ1) is 11.0. The van der Waals surface area contributed by atoms with E-state index in [9.17, 15) is 4.79 Å². The van der Waals surface area contributed by atoms with Gasteiger partial charge in [-0.25, -0.2) is 0 Å². The van der Waals surface area contributed by atoms with Gasteiger partial charge in [0.05, 0.1) is 13.2 Å². The normalized spacial score (nSPS) is 13.0. The summed E-state index contributed by atoms with van der Waals surface area (Å²) in [7, 11) is 1.62. The standard InChI is InChI=1S/C18H20BrNO3/c1-12(16-6-4-5-7-17(16)22-3)20-18(21)13(2)23-15-10-8-14(19)9-11-15/h4-13H,1-3H3,(H,20,21)/t12-,13-/m1/s1. The Balaban J connectivity index is 1.98. The van der Waals surface area contributed by atoms with Gasteiger partial charge in [0.15, 0.2) is 6.10 Å². The maximum Gasteiger partial charge on any atom is 0.261 e. The largest absolute Gasteiger partial charge is 0.496 e. The molecule has 0 bridgehead atoms. The van der Waals surface area contributed by atoms with Crippen LogP contribution in [0.25, 0.3) is 0 Å². The number of hydrogen-bond donors (Lipinski definition) is 1. The number of ether oxygens (including phenoxy) is 2. The predicted molar refractivity (Wildman–Crippen MR) is 93.8 cm³/mol. The summed E-state index contributed by atoms with van der Waals surface area (Å²) >= 11 is 3.37. The fraction of sp³-hybridized carbons (Fsp3) is 0.278. The summed E-state index contributed by atoms with van der Waals surface area (Å²) < 4.78 is 12.0. The number of amides is 1. The number of benzene rings is 2. The van der Waals surface area contributed by atoms with Gasteiger partial charge in [-0.1, -0.05) is 34.1 Å². The van der Waals surface area contributed by atoms with E-state index in [4.69, 9.17) is 9.47 Å². The lowest BCUT2D eigenvalue weighted by atomic mass is 10.1. The molecule has 1 N–H and O–H groups in total. The number of rotatable bonds is 6. The van der Waals surface area contributed by atoms with E-state index in [0.29, 0.717) is 5.75 Å². The van der Waals surface area contributed by atoms with Gasteiger partial charge in [-0.15, -0.1) is 0 Å². The Morgan fingerprint density at radius 2 is 1.74 bits per heavy atom. The third-order valence-corrected chi connectivity index (χ3v) is 3.99. The van der Waals surface area contributed by atoms with Gasteiger partial charge in [-0.3, -0.25) is 4.79 Å². The maximum absolute atomic E-state index is 12.3. The van der Waals surface area contributed by atoms with Gasteiger partial charge >= 0.3 is 0 Å². The molecule has 122 valence electrons. The van der Waals surface area contributed by atoms with E-state index >= 15 is 0 Å². The number of halogens is 1. The summed E-state index contributed by atoms with van der Waals surface area (Å²) in [4.78, 5) is 12.3. The highest BCUT2D eigenvalue weighted by Gasteiger charge is 2.19. The van der Waals surface area contributed by atoms with Gasteiger partial charge in [0, 0.05) is 10.0 Å². The van der Waals surface area contributed by atoms with Crippen molar-refractivity contribution < 1.29 is 14.3 Å². The Bertz CT molecular complexity index is 658. The van der Waals surface area contributed by atoms with Crippen molar-refractivity contribution >= 4 is 21.8 Å². The third kappa shape index (κ3) is 4.73. The van der Waals surface area contributed by atoms with Crippen LogP contribution in [0.15, 0.2) is 53.0 Å². The molecule has 0 heterocycles. The van der Waals surface area contributed by atoms with Crippen molar-refractivity contribution in [2.24, 2.45) is 0 Å². The van der Waals surface area contributed by atoms with Gasteiger partial charge in [-0.2, -0.15) is 0 Å². The molecule has 2 rings (SSSR count).